The van der Waals surface area contributed by atoms with Gasteiger partial charge in [0.15, 0.2) is 0 Å². The van der Waals surface area contributed by atoms with Crippen LogP contribution in [0.25, 0.3) is 0 Å². The molecule has 0 aromatic rings. The van der Waals surface area contributed by atoms with Gasteiger partial charge in [0.25, 0.3) is 0 Å². The molecule has 12 heavy (non-hydrogen) atoms. The first kappa shape index (κ1) is 12.4. The van der Waals surface area contributed by atoms with Crippen molar-refractivity contribution in [2.75, 3.05) is 37.9 Å². The Balaban J connectivity index is 3.76. The van der Waals surface area contributed by atoms with Crippen molar-refractivity contribution in [1.82, 2.24) is 0 Å². The van der Waals surface area contributed by atoms with Crippen molar-refractivity contribution in [1.29, 1.82) is 0 Å². The van der Waals surface area contributed by atoms with E-state index in [0.717, 1.165) is 13.2 Å². The summed E-state index contributed by atoms with van der Waals surface area (Å²) in [5.41, 5.74) is 0. The van der Waals surface area contributed by atoms with Gasteiger partial charge < -0.3 is 0 Å². The van der Waals surface area contributed by atoms with Crippen LogP contribution in [0, 0.1) is 0 Å². The summed E-state index contributed by atoms with van der Waals surface area (Å²) in [6.45, 7) is 11.0. The van der Waals surface area contributed by atoms with Crippen LogP contribution in [-0.4, -0.2) is 37.9 Å². The van der Waals surface area contributed by atoms with Gasteiger partial charge in [0, 0.05) is 0 Å². The number of rotatable bonds is 7. The predicted octanol–water partition coefficient (Wildman–Crippen LogP) is 2.83. The van der Waals surface area contributed by atoms with Crippen LogP contribution in [-0.2, 0) is 4.74 Å². The van der Waals surface area contributed by atoms with Crippen LogP contribution >= 0.6 is 7.26 Å². The molecule has 0 saturated heterocycles. The molecule has 0 aliphatic rings. The molecular weight excluding hydrogens is 167 g/mol. The fourth-order valence-corrected chi connectivity index (χ4v) is 4.85. The maximum absolute atomic E-state index is 5.43. The van der Waals surface area contributed by atoms with E-state index < -0.39 is 7.26 Å². The van der Waals surface area contributed by atoms with Gasteiger partial charge in [0.05, 0.1) is 0 Å². The molecule has 0 unspecified atom stereocenters. The van der Waals surface area contributed by atoms with Crippen LogP contribution < -0.4 is 0 Å². The van der Waals surface area contributed by atoms with Crippen LogP contribution in [0.4, 0.5) is 0 Å². The van der Waals surface area contributed by atoms with E-state index >= 15 is 0 Å². The first-order chi connectivity index (χ1) is 5.74. The average molecular weight is 192 g/mol. The van der Waals surface area contributed by atoms with Gasteiger partial charge in [0.1, 0.15) is 0 Å². The molecule has 76 valence electrons. The third kappa shape index (κ3) is 3.87. The maximum atomic E-state index is 5.43. The second kappa shape index (κ2) is 6.86. The third-order valence-corrected chi connectivity index (χ3v) is 9.00. The van der Waals surface area contributed by atoms with Crippen molar-refractivity contribution in [2.24, 2.45) is 0 Å². The van der Waals surface area contributed by atoms with Gasteiger partial charge in [0.2, 0.25) is 0 Å². The Morgan fingerprint density at radius 1 is 0.917 bits per heavy atom. The van der Waals surface area contributed by atoms with Crippen molar-refractivity contribution < 1.29 is 4.74 Å². The van der Waals surface area contributed by atoms with Gasteiger partial charge in [-0.3, -0.25) is 0 Å². The summed E-state index contributed by atoms with van der Waals surface area (Å²) in [6, 6.07) is 0. The van der Waals surface area contributed by atoms with Crippen molar-refractivity contribution in [3.8, 4) is 0 Å². The molecule has 0 heterocycles. The van der Waals surface area contributed by atoms with Crippen LogP contribution in [0.15, 0.2) is 0 Å². The summed E-state index contributed by atoms with van der Waals surface area (Å²) in [4.78, 5) is 0. The molecule has 0 radical (unpaired) electrons. The summed E-state index contributed by atoms with van der Waals surface area (Å²) in [6.07, 6.45) is 5.64. The fraction of sp³-hybridized carbons (Fsp3) is 1.00. The Hall–Kier alpha value is 0.390. The summed E-state index contributed by atoms with van der Waals surface area (Å²) in [5, 5.41) is 0. The van der Waals surface area contributed by atoms with Crippen LogP contribution in [0.3, 0.4) is 0 Å². The summed E-state index contributed by atoms with van der Waals surface area (Å²) in [7, 11) is -0.880. The number of hydrogen-bond donors (Lipinski definition) is 0. The standard InChI is InChI=1S/C10H25OP/c1-5-11-9-10-12(6-2,7-3)8-4/h12H,5-10H2,1-4H3. The van der Waals surface area contributed by atoms with Gasteiger partial charge in [-0.25, -0.2) is 0 Å². The van der Waals surface area contributed by atoms with E-state index in [-0.39, 0.29) is 0 Å². The van der Waals surface area contributed by atoms with Crippen molar-refractivity contribution in [3.05, 3.63) is 0 Å². The summed E-state index contributed by atoms with van der Waals surface area (Å²) >= 11 is 0. The van der Waals surface area contributed by atoms with Gasteiger partial charge in [-0.05, 0) is 0 Å². The predicted molar refractivity (Wildman–Crippen MR) is 61.3 cm³/mol. The molecule has 0 bridgehead atoms. The molecule has 0 spiro atoms. The van der Waals surface area contributed by atoms with Crippen molar-refractivity contribution >= 4 is 7.26 Å². The molecule has 0 N–H and O–H groups in total. The Kier molecular flexibility index (Phi) is 7.08. The van der Waals surface area contributed by atoms with E-state index in [4.69, 9.17) is 4.74 Å². The van der Waals surface area contributed by atoms with E-state index in [1.165, 1.54) is 24.6 Å². The van der Waals surface area contributed by atoms with Gasteiger partial charge in [-0.1, -0.05) is 0 Å². The van der Waals surface area contributed by atoms with Gasteiger partial charge in [-0.15, -0.1) is 0 Å². The molecule has 0 aromatic carbocycles. The molecule has 0 aromatic heterocycles. The normalized spacial score (nSPS) is 13.3. The van der Waals surface area contributed by atoms with Gasteiger partial charge >= 0.3 is 77.6 Å². The van der Waals surface area contributed by atoms with Crippen molar-refractivity contribution in [3.63, 3.8) is 0 Å². The van der Waals surface area contributed by atoms with E-state index in [0.29, 0.717) is 0 Å². The first-order valence-corrected chi connectivity index (χ1v) is 8.15. The molecule has 1 nitrogen and oxygen atoms in total. The second-order valence-electron chi connectivity index (χ2n) is 3.51. The van der Waals surface area contributed by atoms with Crippen LogP contribution in [0.2, 0.25) is 0 Å². The Morgan fingerprint density at radius 3 is 1.75 bits per heavy atom. The molecule has 0 fully saturated rings. The quantitative estimate of drug-likeness (QED) is 0.445. The zero-order valence-corrected chi connectivity index (χ0v) is 10.2. The number of hydrogen-bond acceptors (Lipinski definition) is 1. The van der Waals surface area contributed by atoms with Crippen molar-refractivity contribution in [2.45, 2.75) is 27.7 Å². The van der Waals surface area contributed by atoms with E-state index in [1.54, 1.807) is 0 Å². The molecule has 0 amide bonds. The Bertz CT molecular complexity index is 91.7. The zero-order chi connectivity index (χ0) is 9.45. The first-order valence-electron chi connectivity index (χ1n) is 5.32. The molecule has 2 heteroatoms. The Labute approximate surface area is 78.2 Å². The molecule has 0 saturated carbocycles. The van der Waals surface area contributed by atoms with E-state index in [9.17, 15) is 0 Å². The molecule has 0 aliphatic carbocycles. The second-order valence-corrected chi connectivity index (χ2v) is 9.13. The minimum atomic E-state index is -0.880. The summed E-state index contributed by atoms with van der Waals surface area (Å²) in [5.74, 6) is 0. The number of ether oxygens (including phenoxy) is 1. The van der Waals surface area contributed by atoms with Gasteiger partial charge in [-0.2, -0.15) is 0 Å². The topological polar surface area (TPSA) is 9.23 Å². The minimum absolute atomic E-state index is 0.877. The molecule has 0 aliphatic heterocycles. The van der Waals surface area contributed by atoms with Crippen LogP contribution in [0.5, 0.6) is 0 Å². The molecule has 0 atom stereocenters. The SMILES string of the molecule is CCOCC[PH](CC)(CC)CC. The fourth-order valence-electron chi connectivity index (χ4n) is 1.71. The monoisotopic (exact) mass is 192 g/mol. The van der Waals surface area contributed by atoms with E-state index in [1.807, 2.05) is 0 Å². The zero-order valence-electron chi connectivity index (χ0n) is 9.15. The Morgan fingerprint density at radius 2 is 1.42 bits per heavy atom. The summed E-state index contributed by atoms with van der Waals surface area (Å²) < 4.78 is 5.43. The third-order valence-electron chi connectivity index (χ3n) is 3.23. The average Bonchev–Trinajstić information content (AvgIpc) is 2.14. The molecule has 0 rings (SSSR count). The van der Waals surface area contributed by atoms with E-state index in [2.05, 4.69) is 27.7 Å². The van der Waals surface area contributed by atoms with Crippen LogP contribution in [0.1, 0.15) is 27.7 Å². The molecular formula is C10H25OP.